The highest BCUT2D eigenvalue weighted by atomic mass is 79.9. The maximum Gasteiger partial charge on any atom is 0.268 e. The molecule has 2 aromatic carbocycles. The number of aromatic nitrogens is 1. The summed E-state index contributed by atoms with van der Waals surface area (Å²) in [4.78, 5) is 0.116. The van der Waals surface area contributed by atoms with Gasteiger partial charge < -0.3 is 9.47 Å². The molecule has 2 heterocycles. The van der Waals surface area contributed by atoms with Gasteiger partial charge in [0.15, 0.2) is 11.5 Å². The first-order valence-corrected chi connectivity index (χ1v) is 9.85. The zero-order valence-electron chi connectivity index (χ0n) is 12.6. The molecule has 0 atom stereocenters. The van der Waals surface area contributed by atoms with Crippen molar-refractivity contribution in [2.24, 2.45) is 0 Å². The third-order valence-corrected chi connectivity index (χ3v) is 6.11. The lowest BCUT2D eigenvalue weighted by Gasteiger charge is -2.11. The third kappa shape index (κ3) is 2.92. The Morgan fingerprint density at radius 1 is 1.04 bits per heavy atom. The van der Waals surface area contributed by atoms with Gasteiger partial charge >= 0.3 is 0 Å². The van der Waals surface area contributed by atoms with Gasteiger partial charge in [-0.1, -0.05) is 17.7 Å². The summed E-state index contributed by atoms with van der Waals surface area (Å²) < 4.78 is 38.7. The maximum absolute atomic E-state index is 13.1. The van der Waals surface area contributed by atoms with E-state index in [4.69, 9.17) is 21.1 Å². The van der Waals surface area contributed by atoms with Crippen LogP contribution in [0.2, 0.25) is 5.02 Å². The summed E-state index contributed by atoms with van der Waals surface area (Å²) in [6.07, 6.45) is 1.51. The van der Waals surface area contributed by atoms with E-state index >= 15 is 0 Å². The zero-order chi connectivity index (χ0) is 17.6. The number of halogens is 2. The van der Waals surface area contributed by atoms with E-state index in [-0.39, 0.29) is 11.7 Å². The largest absolute Gasteiger partial charge is 0.454 e. The lowest BCUT2D eigenvalue weighted by molar-refractivity contribution is 0.174. The van der Waals surface area contributed by atoms with Gasteiger partial charge in [-0.15, -0.1) is 0 Å². The van der Waals surface area contributed by atoms with Crippen molar-refractivity contribution in [2.75, 3.05) is 6.79 Å². The average molecular weight is 441 g/mol. The van der Waals surface area contributed by atoms with Crippen molar-refractivity contribution in [3.05, 3.63) is 64.2 Å². The lowest BCUT2D eigenvalue weighted by Crippen LogP contribution is -2.13. The van der Waals surface area contributed by atoms with Crippen molar-refractivity contribution >= 4 is 37.6 Å². The van der Waals surface area contributed by atoms with E-state index in [1.165, 1.54) is 22.3 Å². The lowest BCUT2D eigenvalue weighted by atomic mass is 10.1. The summed E-state index contributed by atoms with van der Waals surface area (Å²) in [6.45, 7) is 0.157. The number of fused-ring (bicyclic) bond motifs is 1. The molecule has 0 amide bonds. The summed E-state index contributed by atoms with van der Waals surface area (Å²) >= 11 is 9.31. The molecule has 0 fully saturated rings. The van der Waals surface area contributed by atoms with Crippen LogP contribution in [0, 0.1) is 0 Å². The van der Waals surface area contributed by atoms with Gasteiger partial charge in [-0.2, -0.15) is 0 Å². The van der Waals surface area contributed by atoms with Gasteiger partial charge in [-0.05, 0) is 58.4 Å². The standard InChI is InChI=1S/C17H11BrClNO4S/c18-12-7-15(11-4-5-16-17(6-11)24-10-23-16)20(9-12)25(21,22)14-3-1-2-13(19)8-14/h1-9H,10H2. The number of hydrogen-bond acceptors (Lipinski definition) is 4. The van der Waals surface area contributed by atoms with Gasteiger partial charge in [0.1, 0.15) is 0 Å². The number of hydrogen-bond donors (Lipinski definition) is 0. The second-order valence-electron chi connectivity index (χ2n) is 5.37. The van der Waals surface area contributed by atoms with Gasteiger partial charge in [0.25, 0.3) is 10.0 Å². The van der Waals surface area contributed by atoms with E-state index in [0.29, 0.717) is 32.3 Å². The molecular formula is C17H11BrClNO4S. The third-order valence-electron chi connectivity index (χ3n) is 3.77. The Morgan fingerprint density at radius 2 is 1.84 bits per heavy atom. The van der Waals surface area contributed by atoms with Gasteiger partial charge in [0, 0.05) is 21.3 Å². The van der Waals surface area contributed by atoms with E-state index in [2.05, 4.69) is 15.9 Å². The second-order valence-corrected chi connectivity index (χ2v) is 8.54. The van der Waals surface area contributed by atoms with E-state index in [1.807, 2.05) is 0 Å². The molecule has 128 valence electrons. The van der Waals surface area contributed by atoms with E-state index in [9.17, 15) is 8.42 Å². The number of benzene rings is 2. The highest BCUT2D eigenvalue weighted by Crippen LogP contribution is 2.37. The molecule has 8 heteroatoms. The van der Waals surface area contributed by atoms with Crippen molar-refractivity contribution in [1.82, 2.24) is 3.97 Å². The van der Waals surface area contributed by atoms with Gasteiger partial charge in [-0.3, -0.25) is 0 Å². The number of ether oxygens (including phenoxy) is 2. The quantitative estimate of drug-likeness (QED) is 0.600. The maximum atomic E-state index is 13.1. The molecule has 0 saturated carbocycles. The molecule has 0 radical (unpaired) electrons. The minimum atomic E-state index is -3.80. The monoisotopic (exact) mass is 439 g/mol. The predicted octanol–water partition coefficient (Wildman–Crippen LogP) is 4.54. The summed E-state index contributed by atoms with van der Waals surface area (Å²) in [6, 6.07) is 13.2. The second kappa shape index (κ2) is 6.09. The van der Waals surface area contributed by atoms with Crippen molar-refractivity contribution in [2.45, 2.75) is 4.90 Å². The molecule has 5 nitrogen and oxygen atoms in total. The summed E-state index contributed by atoms with van der Waals surface area (Å²) in [5.74, 6) is 1.22. The van der Waals surface area contributed by atoms with Crippen molar-refractivity contribution in [1.29, 1.82) is 0 Å². The molecule has 4 rings (SSSR count). The zero-order valence-corrected chi connectivity index (χ0v) is 15.8. The minimum Gasteiger partial charge on any atom is -0.454 e. The van der Waals surface area contributed by atoms with E-state index < -0.39 is 10.0 Å². The molecule has 25 heavy (non-hydrogen) atoms. The average Bonchev–Trinajstić information content (AvgIpc) is 3.20. The van der Waals surface area contributed by atoms with Gasteiger partial charge in [0.05, 0.1) is 10.6 Å². The minimum absolute atomic E-state index is 0.116. The summed E-state index contributed by atoms with van der Waals surface area (Å²) in [7, 11) is -3.80. The Labute approximate surface area is 157 Å². The van der Waals surface area contributed by atoms with Crippen LogP contribution >= 0.6 is 27.5 Å². The molecule has 0 bridgehead atoms. The van der Waals surface area contributed by atoms with Crippen LogP contribution in [0.1, 0.15) is 0 Å². The Bertz CT molecular complexity index is 1080. The van der Waals surface area contributed by atoms with E-state index in [1.54, 1.807) is 36.4 Å². The fourth-order valence-corrected chi connectivity index (χ4v) is 4.85. The van der Waals surface area contributed by atoms with Crippen LogP contribution in [0.15, 0.2) is 64.1 Å². The topological polar surface area (TPSA) is 57.5 Å². The molecular weight excluding hydrogens is 430 g/mol. The molecule has 1 aromatic heterocycles. The van der Waals surface area contributed by atoms with Crippen LogP contribution in [-0.4, -0.2) is 19.2 Å². The highest BCUT2D eigenvalue weighted by Gasteiger charge is 2.23. The predicted molar refractivity (Wildman–Crippen MR) is 97.7 cm³/mol. The first kappa shape index (κ1) is 16.5. The van der Waals surface area contributed by atoms with Crippen LogP contribution in [-0.2, 0) is 10.0 Å². The Kier molecular flexibility index (Phi) is 4.02. The van der Waals surface area contributed by atoms with Gasteiger partial charge in [0.2, 0.25) is 6.79 Å². The first-order valence-electron chi connectivity index (χ1n) is 7.24. The van der Waals surface area contributed by atoms with Crippen LogP contribution in [0.3, 0.4) is 0 Å². The summed E-state index contributed by atoms with van der Waals surface area (Å²) in [5.41, 5.74) is 1.20. The van der Waals surface area contributed by atoms with Crippen LogP contribution < -0.4 is 9.47 Å². The molecule has 0 saturated heterocycles. The Morgan fingerprint density at radius 3 is 2.64 bits per heavy atom. The van der Waals surface area contributed by atoms with Gasteiger partial charge in [-0.25, -0.2) is 12.4 Å². The fourth-order valence-electron chi connectivity index (χ4n) is 2.62. The number of rotatable bonds is 3. The molecule has 0 spiro atoms. The SMILES string of the molecule is O=S(=O)(c1cccc(Cl)c1)n1cc(Br)cc1-c1ccc2c(c1)OCO2. The Balaban J connectivity index is 1.87. The fraction of sp³-hybridized carbons (Fsp3) is 0.0588. The molecule has 3 aromatic rings. The van der Waals surface area contributed by atoms with Crippen LogP contribution in [0.5, 0.6) is 11.5 Å². The van der Waals surface area contributed by atoms with Crippen molar-refractivity contribution < 1.29 is 17.9 Å². The molecule has 0 N–H and O–H groups in total. The summed E-state index contributed by atoms with van der Waals surface area (Å²) in [5, 5.41) is 0.358. The van der Waals surface area contributed by atoms with E-state index in [0.717, 1.165) is 0 Å². The molecule has 1 aliphatic heterocycles. The first-order chi connectivity index (χ1) is 11.9. The van der Waals surface area contributed by atoms with Crippen molar-refractivity contribution in [3.63, 3.8) is 0 Å². The van der Waals surface area contributed by atoms with Crippen molar-refractivity contribution in [3.8, 4) is 22.8 Å². The normalized spacial score (nSPS) is 13.2. The van der Waals surface area contributed by atoms with Crippen LogP contribution in [0.25, 0.3) is 11.3 Å². The smallest absolute Gasteiger partial charge is 0.268 e. The Hall–Kier alpha value is -1.96. The molecule has 1 aliphatic rings. The molecule has 0 unspecified atom stereocenters. The number of nitrogens with zero attached hydrogens (tertiary/aromatic N) is 1. The molecule has 0 aliphatic carbocycles. The highest BCUT2D eigenvalue weighted by molar-refractivity contribution is 9.10. The van der Waals surface area contributed by atoms with Crippen LogP contribution in [0.4, 0.5) is 0 Å².